The first-order valence-corrected chi connectivity index (χ1v) is 5.05. The molecule has 0 N–H and O–H groups in total. The van der Waals surface area contributed by atoms with Gasteiger partial charge < -0.3 is 14.4 Å². The number of hydrogen-bond acceptors (Lipinski definition) is 5. The van der Waals surface area contributed by atoms with Crippen molar-refractivity contribution in [1.82, 2.24) is 14.9 Å². The van der Waals surface area contributed by atoms with E-state index in [1.54, 1.807) is 4.90 Å². The molecule has 0 radical (unpaired) electrons. The van der Waals surface area contributed by atoms with Crippen LogP contribution in [0.15, 0.2) is 12.4 Å². The minimum Gasteiger partial charge on any atom is -0.479 e. The molecule has 0 saturated carbocycles. The molecule has 1 amide bonds. The lowest BCUT2D eigenvalue weighted by atomic mass is 10.3. The van der Waals surface area contributed by atoms with Gasteiger partial charge in [0.1, 0.15) is 0 Å². The van der Waals surface area contributed by atoms with Gasteiger partial charge in [0, 0.05) is 25.5 Å². The Hall–Kier alpha value is -1.69. The Kier molecular flexibility index (Phi) is 3.31. The van der Waals surface area contributed by atoms with Crippen molar-refractivity contribution in [3.8, 4) is 5.88 Å². The lowest BCUT2D eigenvalue weighted by Crippen LogP contribution is -2.41. The first-order valence-electron chi connectivity index (χ1n) is 5.05. The van der Waals surface area contributed by atoms with Crippen LogP contribution in [-0.2, 0) is 4.74 Å². The number of amides is 1. The molecule has 1 aromatic heterocycles. The molecule has 1 fully saturated rings. The largest absolute Gasteiger partial charge is 0.479 e. The summed E-state index contributed by atoms with van der Waals surface area (Å²) in [5.74, 6) is 0.104. The van der Waals surface area contributed by atoms with Crippen LogP contribution in [0.4, 0.5) is 0 Å². The van der Waals surface area contributed by atoms with Crippen molar-refractivity contribution in [3.05, 3.63) is 18.1 Å². The number of hydrogen-bond donors (Lipinski definition) is 0. The predicted molar refractivity (Wildman–Crippen MR) is 55.3 cm³/mol. The van der Waals surface area contributed by atoms with E-state index in [4.69, 9.17) is 9.47 Å². The third-order valence-electron chi connectivity index (χ3n) is 2.36. The van der Waals surface area contributed by atoms with Crippen molar-refractivity contribution in [1.29, 1.82) is 0 Å². The monoisotopic (exact) mass is 223 g/mol. The van der Waals surface area contributed by atoms with Crippen LogP contribution >= 0.6 is 0 Å². The Labute approximate surface area is 93.2 Å². The molecular formula is C10H13N3O3. The third kappa shape index (κ3) is 2.11. The van der Waals surface area contributed by atoms with E-state index in [1.807, 2.05) is 0 Å². The fraction of sp³-hybridized carbons (Fsp3) is 0.500. The van der Waals surface area contributed by atoms with Crippen LogP contribution in [-0.4, -0.2) is 54.2 Å². The van der Waals surface area contributed by atoms with E-state index in [9.17, 15) is 4.79 Å². The van der Waals surface area contributed by atoms with Gasteiger partial charge in [-0.1, -0.05) is 0 Å². The van der Waals surface area contributed by atoms with Crippen molar-refractivity contribution in [2.75, 3.05) is 33.4 Å². The Balaban J connectivity index is 2.19. The van der Waals surface area contributed by atoms with E-state index in [-0.39, 0.29) is 17.5 Å². The molecule has 2 heterocycles. The standard InChI is InChI=1S/C10H13N3O3/c1-15-9-8(11-2-3-12-9)10(14)13-4-6-16-7-5-13/h2-3H,4-7H2,1H3. The molecule has 6 nitrogen and oxygen atoms in total. The SMILES string of the molecule is COc1nccnc1C(=O)N1CCOCC1. The Bertz CT molecular complexity index is 377. The molecule has 2 rings (SSSR count). The van der Waals surface area contributed by atoms with E-state index in [0.717, 1.165) is 0 Å². The molecule has 6 heteroatoms. The zero-order chi connectivity index (χ0) is 11.4. The third-order valence-corrected chi connectivity index (χ3v) is 2.36. The van der Waals surface area contributed by atoms with Gasteiger partial charge in [-0.25, -0.2) is 9.97 Å². The van der Waals surface area contributed by atoms with E-state index in [2.05, 4.69) is 9.97 Å². The summed E-state index contributed by atoms with van der Waals surface area (Å²) in [5.41, 5.74) is 0.256. The van der Waals surface area contributed by atoms with Gasteiger partial charge in [0.05, 0.1) is 20.3 Å². The maximum absolute atomic E-state index is 12.1. The molecule has 1 aromatic rings. The normalized spacial score (nSPS) is 15.9. The van der Waals surface area contributed by atoms with Crippen LogP contribution in [0.3, 0.4) is 0 Å². The van der Waals surface area contributed by atoms with Crippen LogP contribution in [0, 0.1) is 0 Å². The fourth-order valence-corrected chi connectivity index (χ4v) is 1.54. The van der Waals surface area contributed by atoms with E-state index < -0.39 is 0 Å². The van der Waals surface area contributed by atoms with Crippen LogP contribution in [0.1, 0.15) is 10.5 Å². The number of rotatable bonds is 2. The van der Waals surface area contributed by atoms with Gasteiger partial charge in [0.2, 0.25) is 5.88 Å². The van der Waals surface area contributed by atoms with Gasteiger partial charge in [-0.05, 0) is 0 Å². The maximum atomic E-state index is 12.1. The summed E-state index contributed by atoms with van der Waals surface area (Å²) < 4.78 is 10.2. The summed E-state index contributed by atoms with van der Waals surface area (Å²) in [6.07, 6.45) is 2.98. The summed E-state index contributed by atoms with van der Waals surface area (Å²) in [4.78, 5) is 21.7. The average molecular weight is 223 g/mol. The smallest absolute Gasteiger partial charge is 0.278 e. The fourth-order valence-electron chi connectivity index (χ4n) is 1.54. The molecule has 1 aliphatic heterocycles. The molecule has 0 bridgehead atoms. The molecule has 86 valence electrons. The summed E-state index contributed by atoms with van der Waals surface area (Å²) in [6.45, 7) is 2.29. The summed E-state index contributed by atoms with van der Waals surface area (Å²) in [7, 11) is 1.47. The summed E-state index contributed by atoms with van der Waals surface area (Å²) in [6, 6.07) is 0. The Morgan fingerprint density at radius 3 is 2.75 bits per heavy atom. The second-order valence-corrected chi connectivity index (χ2v) is 3.32. The van der Waals surface area contributed by atoms with Crippen LogP contribution in [0.25, 0.3) is 0 Å². The molecule has 0 aliphatic carbocycles. The highest BCUT2D eigenvalue weighted by Crippen LogP contribution is 2.14. The number of morpholine rings is 1. The Morgan fingerprint density at radius 1 is 1.38 bits per heavy atom. The number of ether oxygens (including phenoxy) is 2. The lowest BCUT2D eigenvalue weighted by Gasteiger charge is -2.26. The molecule has 1 saturated heterocycles. The van der Waals surface area contributed by atoms with Gasteiger partial charge in [-0.3, -0.25) is 4.79 Å². The highest BCUT2D eigenvalue weighted by molar-refractivity contribution is 5.94. The van der Waals surface area contributed by atoms with Crippen LogP contribution in [0.5, 0.6) is 5.88 Å². The molecule has 16 heavy (non-hydrogen) atoms. The van der Waals surface area contributed by atoms with E-state index in [1.165, 1.54) is 19.5 Å². The van der Waals surface area contributed by atoms with Gasteiger partial charge in [0.25, 0.3) is 5.91 Å². The first-order chi connectivity index (χ1) is 7.83. The maximum Gasteiger partial charge on any atom is 0.278 e. The zero-order valence-electron chi connectivity index (χ0n) is 9.05. The van der Waals surface area contributed by atoms with Gasteiger partial charge in [0.15, 0.2) is 5.69 Å². The number of nitrogens with zero attached hydrogens (tertiary/aromatic N) is 3. The second-order valence-electron chi connectivity index (χ2n) is 3.32. The second kappa shape index (κ2) is 4.89. The van der Waals surface area contributed by atoms with E-state index >= 15 is 0 Å². The zero-order valence-corrected chi connectivity index (χ0v) is 9.05. The van der Waals surface area contributed by atoms with Crippen molar-refractivity contribution >= 4 is 5.91 Å². The van der Waals surface area contributed by atoms with Crippen molar-refractivity contribution in [3.63, 3.8) is 0 Å². The number of carbonyl (C=O) groups is 1. The summed E-state index contributed by atoms with van der Waals surface area (Å²) in [5, 5.41) is 0. The predicted octanol–water partition coefficient (Wildman–Crippen LogP) is -0.0424. The highest BCUT2D eigenvalue weighted by Gasteiger charge is 2.23. The van der Waals surface area contributed by atoms with Crippen molar-refractivity contribution in [2.24, 2.45) is 0 Å². The van der Waals surface area contributed by atoms with Gasteiger partial charge >= 0.3 is 0 Å². The minimum absolute atomic E-state index is 0.159. The first kappa shape index (κ1) is 10.8. The van der Waals surface area contributed by atoms with Crippen LogP contribution in [0.2, 0.25) is 0 Å². The number of carbonyl (C=O) groups excluding carboxylic acids is 1. The molecule has 0 aromatic carbocycles. The molecular weight excluding hydrogens is 210 g/mol. The topological polar surface area (TPSA) is 64.6 Å². The lowest BCUT2D eigenvalue weighted by molar-refractivity contribution is 0.0296. The molecule has 0 unspecified atom stereocenters. The van der Waals surface area contributed by atoms with E-state index in [0.29, 0.717) is 26.3 Å². The molecule has 0 spiro atoms. The molecule has 1 aliphatic rings. The van der Waals surface area contributed by atoms with Crippen molar-refractivity contribution < 1.29 is 14.3 Å². The van der Waals surface area contributed by atoms with Gasteiger partial charge in [-0.2, -0.15) is 0 Å². The van der Waals surface area contributed by atoms with Crippen LogP contribution < -0.4 is 4.74 Å². The Morgan fingerprint density at radius 2 is 2.06 bits per heavy atom. The minimum atomic E-state index is -0.159. The highest BCUT2D eigenvalue weighted by atomic mass is 16.5. The number of methoxy groups -OCH3 is 1. The van der Waals surface area contributed by atoms with Gasteiger partial charge in [-0.15, -0.1) is 0 Å². The average Bonchev–Trinajstić information content (AvgIpc) is 2.39. The van der Waals surface area contributed by atoms with Crippen molar-refractivity contribution in [2.45, 2.75) is 0 Å². The number of aromatic nitrogens is 2. The quantitative estimate of drug-likeness (QED) is 0.703. The summed E-state index contributed by atoms with van der Waals surface area (Å²) >= 11 is 0. The molecule has 0 atom stereocenters.